The van der Waals surface area contributed by atoms with Crippen molar-refractivity contribution >= 4 is 0 Å². The van der Waals surface area contributed by atoms with E-state index < -0.39 is 0 Å². The molecule has 0 spiro atoms. The topological polar surface area (TPSA) is 9.23 Å². The van der Waals surface area contributed by atoms with Crippen LogP contribution in [-0.4, -0.2) is 6.61 Å². The first-order valence-electron chi connectivity index (χ1n) is 8.07. The molecule has 1 aliphatic carbocycles. The maximum absolute atomic E-state index is 5.73. The SMILES string of the molecule is C=C(CCC)C(C)(C(=C)OCC)C1CCCC1.CC. The normalized spacial score (nSPS) is 18.2. The summed E-state index contributed by atoms with van der Waals surface area (Å²) in [6.45, 7) is 19.7. The molecule has 1 atom stereocenters. The third-order valence-corrected chi connectivity index (χ3v) is 4.36. The van der Waals surface area contributed by atoms with Gasteiger partial charge in [-0.05, 0) is 39.0 Å². The van der Waals surface area contributed by atoms with E-state index in [1.807, 2.05) is 20.8 Å². The van der Waals surface area contributed by atoms with Crippen LogP contribution in [0.2, 0.25) is 0 Å². The third kappa shape index (κ3) is 4.40. The molecule has 0 aromatic carbocycles. The quantitative estimate of drug-likeness (QED) is 0.398. The van der Waals surface area contributed by atoms with Crippen LogP contribution in [0.1, 0.15) is 73.1 Å². The van der Waals surface area contributed by atoms with Crippen molar-refractivity contribution < 1.29 is 4.74 Å². The molecule has 0 amide bonds. The molecule has 112 valence electrons. The van der Waals surface area contributed by atoms with E-state index in [9.17, 15) is 0 Å². The lowest BCUT2D eigenvalue weighted by molar-refractivity contribution is 0.124. The Kier molecular flexibility index (Phi) is 8.88. The molecule has 1 fully saturated rings. The predicted octanol–water partition coefficient (Wildman–Crippen LogP) is 6.12. The second-order valence-corrected chi connectivity index (χ2v) is 5.39. The lowest BCUT2D eigenvalue weighted by Crippen LogP contribution is -2.31. The molecule has 19 heavy (non-hydrogen) atoms. The fourth-order valence-electron chi connectivity index (χ4n) is 3.10. The van der Waals surface area contributed by atoms with Gasteiger partial charge in [0.15, 0.2) is 0 Å². The summed E-state index contributed by atoms with van der Waals surface area (Å²) in [5, 5.41) is 0. The van der Waals surface area contributed by atoms with E-state index in [4.69, 9.17) is 4.74 Å². The largest absolute Gasteiger partial charge is 0.498 e. The molecule has 1 nitrogen and oxygen atoms in total. The molecule has 1 aliphatic rings. The maximum Gasteiger partial charge on any atom is 0.0989 e. The van der Waals surface area contributed by atoms with Gasteiger partial charge in [-0.1, -0.05) is 58.8 Å². The van der Waals surface area contributed by atoms with E-state index in [1.54, 1.807) is 0 Å². The zero-order chi connectivity index (χ0) is 14.9. The van der Waals surface area contributed by atoms with Crippen LogP contribution in [0.25, 0.3) is 0 Å². The summed E-state index contributed by atoms with van der Waals surface area (Å²) in [5.41, 5.74) is 1.30. The van der Waals surface area contributed by atoms with Gasteiger partial charge in [0.25, 0.3) is 0 Å². The molecule has 0 radical (unpaired) electrons. The van der Waals surface area contributed by atoms with E-state index >= 15 is 0 Å². The first-order chi connectivity index (χ1) is 9.07. The number of allylic oxidation sites excluding steroid dienone is 1. The molecule has 0 heterocycles. The molecule has 0 aromatic heterocycles. The Balaban J connectivity index is 0.00000154. The van der Waals surface area contributed by atoms with E-state index in [-0.39, 0.29) is 5.41 Å². The smallest absolute Gasteiger partial charge is 0.0989 e. The molecular weight excluding hydrogens is 232 g/mol. The van der Waals surface area contributed by atoms with Gasteiger partial charge in [-0.15, -0.1) is 0 Å². The summed E-state index contributed by atoms with van der Waals surface area (Å²) in [6, 6.07) is 0. The molecule has 0 aliphatic heterocycles. The van der Waals surface area contributed by atoms with Crippen LogP contribution in [0.4, 0.5) is 0 Å². The van der Waals surface area contributed by atoms with Gasteiger partial charge < -0.3 is 4.74 Å². The van der Waals surface area contributed by atoms with Crippen LogP contribution in [-0.2, 0) is 4.74 Å². The second-order valence-electron chi connectivity index (χ2n) is 5.39. The molecule has 0 saturated heterocycles. The van der Waals surface area contributed by atoms with Gasteiger partial charge in [-0.2, -0.15) is 0 Å². The van der Waals surface area contributed by atoms with Crippen molar-refractivity contribution in [2.45, 2.75) is 73.1 Å². The Morgan fingerprint density at radius 2 is 1.68 bits per heavy atom. The van der Waals surface area contributed by atoms with Gasteiger partial charge in [0.05, 0.1) is 12.4 Å². The maximum atomic E-state index is 5.73. The van der Waals surface area contributed by atoms with Crippen molar-refractivity contribution in [3.63, 3.8) is 0 Å². The van der Waals surface area contributed by atoms with Crippen molar-refractivity contribution in [2.75, 3.05) is 6.61 Å². The number of rotatable bonds is 7. The summed E-state index contributed by atoms with van der Waals surface area (Å²) in [5.74, 6) is 1.62. The predicted molar refractivity (Wildman–Crippen MR) is 86.2 cm³/mol. The first-order valence-corrected chi connectivity index (χ1v) is 8.07. The lowest BCUT2D eigenvalue weighted by atomic mass is 9.68. The highest BCUT2D eigenvalue weighted by molar-refractivity contribution is 5.23. The molecule has 0 aromatic rings. The zero-order valence-electron chi connectivity index (χ0n) is 13.8. The molecule has 1 rings (SSSR count). The van der Waals surface area contributed by atoms with Crippen molar-refractivity contribution in [3.05, 3.63) is 24.5 Å². The van der Waals surface area contributed by atoms with Crippen LogP contribution >= 0.6 is 0 Å². The van der Waals surface area contributed by atoms with E-state index in [1.165, 1.54) is 31.3 Å². The standard InChI is InChI=1S/C16H28O.C2H6/c1-6-10-13(3)16(5,14(4)17-7-2)15-11-8-9-12-15;1-2/h15H,3-4,6-12H2,1-2,5H3;1-2H3. The molecule has 1 unspecified atom stereocenters. The third-order valence-electron chi connectivity index (χ3n) is 4.36. The first kappa shape index (κ1) is 18.3. The molecule has 1 saturated carbocycles. The highest BCUT2D eigenvalue weighted by Gasteiger charge is 2.41. The summed E-state index contributed by atoms with van der Waals surface area (Å²) in [7, 11) is 0. The van der Waals surface area contributed by atoms with Crippen molar-refractivity contribution in [1.82, 2.24) is 0 Å². The average Bonchev–Trinajstić information content (AvgIpc) is 2.95. The Morgan fingerprint density at radius 3 is 2.11 bits per heavy atom. The number of hydrogen-bond acceptors (Lipinski definition) is 1. The zero-order valence-corrected chi connectivity index (χ0v) is 13.8. The summed E-state index contributed by atoms with van der Waals surface area (Å²) in [4.78, 5) is 0. The van der Waals surface area contributed by atoms with Crippen molar-refractivity contribution in [3.8, 4) is 0 Å². The average molecular weight is 266 g/mol. The second kappa shape index (κ2) is 9.23. The van der Waals surface area contributed by atoms with Crippen LogP contribution in [0.5, 0.6) is 0 Å². The van der Waals surface area contributed by atoms with E-state index in [0.717, 1.165) is 18.6 Å². The van der Waals surface area contributed by atoms with Gasteiger partial charge in [0.2, 0.25) is 0 Å². The Hall–Kier alpha value is -0.720. The highest BCUT2D eigenvalue weighted by Crippen LogP contribution is 2.49. The molecule has 1 heteroatoms. The Morgan fingerprint density at radius 1 is 1.16 bits per heavy atom. The Bertz CT molecular complexity index is 253. The minimum atomic E-state index is -0.0114. The van der Waals surface area contributed by atoms with Gasteiger partial charge in [0, 0.05) is 5.41 Å². The number of ether oxygens (including phenoxy) is 1. The van der Waals surface area contributed by atoms with Crippen molar-refractivity contribution in [2.24, 2.45) is 11.3 Å². The van der Waals surface area contributed by atoms with Gasteiger partial charge in [0.1, 0.15) is 0 Å². The monoisotopic (exact) mass is 266 g/mol. The number of hydrogen-bond donors (Lipinski definition) is 0. The molecule has 0 N–H and O–H groups in total. The van der Waals surface area contributed by atoms with E-state index in [2.05, 4.69) is 27.0 Å². The summed E-state index contributed by atoms with van der Waals surface area (Å²) < 4.78 is 5.73. The van der Waals surface area contributed by atoms with Crippen LogP contribution in [0.15, 0.2) is 24.5 Å². The Labute approximate surface area is 121 Å². The van der Waals surface area contributed by atoms with Crippen LogP contribution in [0.3, 0.4) is 0 Å². The van der Waals surface area contributed by atoms with Crippen molar-refractivity contribution in [1.29, 1.82) is 0 Å². The van der Waals surface area contributed by atoms with Gasteiger partial charge in [-0.3, -0.25) is 0 Å². The fourth-order valence-corrected chi connectivity index (χ4v) is 3.10. The molecular formula is C18H34O. The highest BCUT2D eigenvalue weighted by atomic mass is 16.5. The lowest BCUT2D eigenvalue weighted by Gasteiger charge is -2.39. The fraction of sp³-hybridized carbons (Fsp3) is 0.778. The minimum absolute atomic E-state index is 0.0114. The molecule has 0 bridgehead atoms. The van der Waals surface area contributed by atoms with Crippen LogP contribution < -0.4 is 0 Å². The van der Waals surface area contributed by atoms with Gasteiger partial charge >= 0.3 is 0 Å². The summed E-state index contributed by atoms with van der Waals surface area (Å²) in [6.07, 6.45) is 7.52. The van der Waals surface area contributed by atoms with Gasteiger partial charge in [-0.25, -0.2) is 0 Å². The van der Waals surface area contributed by atoms with E-state index in [0.29, 0.717) is 12.5 Å². The van der Waals surface area contributed by atoms with Crippen LogP contribution in [0, 0.1) is 11.3 Å². The minimum Gasteiger partial charge on any atom is -0.498 e. The summed E-state index contributed by atoms with van der Waals surface area (Å²) >= 11 is 0.